The van der Waals surface area contributed by atoms with Crippen molar-refractivity contribution in [2.75, 3.05) is 0 Å². The van der Waals surface area contributed by atoms with Crippen molar-refractivity contribution in [3.63, 3.8) is 0 Å². The molecule has 2 N–H and O–H groups in total. The van der Waals surface area contributed by atoms with E-state index >= 15 is 0 Å². The smallest absolute Gasteiger partial charge is 0.124 e. The third kappa shape index (κ3) is 2.81. The Kier molecular flexibility index (Phi) is 3.76. The molecule has 2 nitrogen and oxygen atoms in total. The van der Waals surface area contributed by atoms with Crippen LogP contribution >= 0.6 is 15.9 Å². The fraction of sp³-hybridized carbons (Fsp3) is 0. The summed E-state index contributed by atoms with van der Waals surface area (Å²) in [7, 11) is 0. The van der Waals surface area contributed by atoms with Gasteiger partial charge in [-0.3, -0.25) is 0 Å². The van der Waals surface area contributed by atoms with E-state index in [4.69, 9.17) is 0 Å². The van der Waals surface area contributed by atoms with Crippen LogP contribution in [0.5, 0.6) is 5.75 Å². The molecule has 0 bridgehead atoms. The lowest BCUT2D eigenvalue weighted by atomic mass is 9.96. The molecule has 1 aromatic heterocycles. The summed E-state index contributed by atoms with van der Waals surface area (Å²) in [6.07, 6.45) is 0. The lowest BCUT2D eigenvalue weighted by molar-refractivity contribution is 0.478. The molecular formula is C24H16BrNO. The summed E-state index contributed by atoms with van der Waals surface area (Å²) >= 11 is 3.52. The minimum Gasteiger partial charge on any atom is -0.507 e. The number of aromatic hydroxyl groups is 1. The second kappa shape index (κ2) is 6.29. The molecule has 0 saturated heterocycles. The molecule has 5 aromatic rings. The van der Waals surface area contributed by atoms with Crippen LogP contribution in [0.2, 0.25) is 0 Å². The predicted molar refractivity (Wildman–Crippen MR) is 116 cm³/mol. The minimum atomic E-state index is 0.291. The predicted octanol–water partition coefficient (Wildman–Crippen LogP) is 7.12. The number of halogens is 1. The molecule has 5 rings (SSSR count). The van der Waals surface area contributed by atoms with Crippen molar-refractivity contribution in [1.82, 2.24) is 4.98 Å². The molecule has 0 fully saturated rings. The second-order valence-corrected chi connectivity index (χ2v) is 7.59. The number of nitrogens with one attached hydrogen (secondary N) is 1. The summed E-state index contributed by atoms with van der Waals surface area (Å²) in [5, 5.41) is 13.8. The van der Waals surface area contributed by atoms with E-state index in [0.29, 0.717) is 5.75 Å². The van der Waals surface area contributed by atoms with Gasteiger partial charge in [0.15, 0.2) is 0 Å². The lowest BCUT2D eigenvalue weighted by Crippen LogP contribution is -1.84. The fourth-order valence-corrected chi connectivity index (χ4v) is 4.03. The number of aromatic nitrogens is 1. The van der Waals surface area contributed by atoms with Gasteiger partial charge >= 0.3 is 0 Å². The zero-order valence-electron chi connectivity index (χ0n) is 14.4. The van der Waals surface area contributed by atoms with Gasteiger partial charge in [0.25, 0.3) is 0 Å². The Bertz CT molecular complexity index is 1290. The Labute approximate surface area is 165 Å². The zero-order valence-corrected chi connectivity index (χ0v) is 16.0. The molecule has 4 aromatic carbocycles. The highest BCUT2D eigenvalue weighted by Gasteiger charge is 2.12. The summed E-state index contributed by atoms with van der Waals surface area (Å²) in [5.41, 5.74) is 5.16. The average molecular weight is 414 g/mol. The van der Waals surface area contributed by atoms with Gasteiger partial charge in [0.2, 0.25) is 0 Å². The first-order valence-electron chi connectivity index (χ1n) is 8.79. The van der Waals surface area contributed by atoms with E-state index in [2.05, 4.69) is 63.4 Å². The third-order valence-corrected chi connectivity index (χ3v) is 5.45. The Hall–Kier alpha value is -3.04. The second-order valence-electron chi connectivity index (χ2n) is 6.68. The van der Waals surface area contributed by atoms with E-state index in [1.54, 1.807) is 6.07 Å². The number of phenolic OH excluding ortho intramolecular Hbond substituents is 1. The monoisotopic (exact) mass is 413 g/mol. The van der Waals surface area contributed by atoms with E-state index in [1.807, 2.05) is 36.4 Å². The van der Waals surface area contributed by atoms with Crippen molar-refractivity contribution >= 4 is 37.6 Å². The van der Waals surface area contributed by atoms with Gasteiger partial charge in [-0.05, 0) is 52.2 Å². The molecule has 130 valence electrons. The molecule has 0 saturated carbocycles. The van der Waals surface area contributed by atoms with Gasteiger partial charge in [-0.2, -0.15) is 0 Å². The summed E-state index contributed by atoms with van der Waals surface area (Å²) < 4.78 is 1.03. The van der Waals surface area contributed by atoms with Gasteiger partial charge in [0, 0.05) is 26.6 Å². The molecule has 0 amide bonds. The van der Waals surface area contributed by atoms with Crippen molar-refractivity contribution in [3.05, 3.63) is 89.4 Å². The quantitative estimate of drug-likeness (QED) is 0.317. The van der Waals surface area contributed by atoms with E-state index in [0.717, 1.165) is 48.5 Å². The highest BCUT2D eigenvalue weighted by Crippen LogP contribution is 2.38. The van der Waals surface area contributed by atoms with Gasteiger partial charge < -0.3 is 10.1 Å². The maximum atomic E-state index is 10.6. The Morgan fingerprint density at radius 1 is 0.704 bits per heavy atom. The fourth-order valence-electron chi connectivity index (χ4n) is 3.65. The van der Waals surface area contributed by atoms with Crippen LogP contribution in [0.15, 0.2) is 89.4 Å². The van der Waals surface area contributed by atoms with Gasteiger partial charge in [-0.15, -0.1) is 0 Å². The molecule has 1 heterocycles. The SMILES string of the molecule is Oc1ccc2cc(Br)ccc2c1-c1ccc2cc(-c3ccccc3)[nH]c2c1. The maximum absolute atomic E-state index is 10.6. The van der Waals surface area contributed by atoms with Gasteiger partial charge in [-0.25, -0.2) is 0 Å². The van der Waals surface area contributed by atoms with Crippen molar-refractivity contribution in [3.8, 4) is 28.1 Å². The van der Waals surface area contributed by atoms with Crippen LogP contribution in [0.1, 0.15) is 0 Å². The van der Waals surface area contributed by atoms with Gasteiger partial charge in [-0.1, -0.05) is 70.5 Å². The number of phenols is 1. The molecule has 0 aliphatic heterocycles. The van der Waals surface area contributed by atoms with Crippen molar-refractivity contribution in [2.24, 2.45) is 0 Å². The highest BCUT2D eigenvalue weighted by molar-refractivity contribution is 9.10. The molecule has 0 radical (unpaired) electrons. The number of hydrogen-bond donors (Lipinski definition) is 2. The molecule has 0 aliphatic carbocycles. The zero-order chi connectivity index (χ0) is 18.4. The van der Waals surface area contributed by atoms with E-state index in [1.165, 1.54) is 0 Å². The van der Waals surface area contributed by atoms with Gasteiger partial charge in [0.05, 0.1) is 0 Å². The Balaban J connectivity index is 1.70. The topological polar surface area (TPSA) is 36.0 Å². The number of benzene rings is 4. The first-order valence-corrected chi connectivity index (χ1v) is 9.58. The average Bonchev–Trinajstić information content (AvgIpc) is 3.12. The van der Waals surface area contributed by atoms with Crippen molar-refractivity contribution in [2.45, 2.75) is 0 Å². The molecule has 3 heteroatoms. The van der Waals surface area contributed by atoms with Gasteiger partial charge in [0.1, 0.15) is 5.75 Å². The number of hydrogen-bond acceptors (Lipinski definition) is 1. The van der Waals surface area contributed by atoms with Crippen molar-refractivity contribution in [1.29, 1.82) is 0 Å². The molecule has 27 heavy (non-hydrogen) atoms. The first-order chi connectivity index (χ1) is 13.2. The van der Waals surface area contributed by atoms with Crippen LogP contribution in [0, 0.1) is 0 Å². The number of aromatic amines is 1. The summed E-state index contributed by atoms with van der Waals surface area (Å²) in [6.45, 7) is 0. The van der Waals surface area contributed by atoms with Crippen LogP contribution < -0.4 is 0 Å². The molecule has 0 spiro atoms. The van der Waals surface area contributed by atoms with Crippen LogP contribution in [0.3, 0.4) is 0 Å². The Morgan fingerprint density at radius 2 is 1.52 bits per heavy atom. The Morgan fingerprint density at radius 3 is 2.37 bits per heavy atom. The molecular weight excluding hydrogens is 398 g/mol. The number of H-pyrrole nitrogens is 1. The first kappa shape index (κ1) is 16.2. The van der Waals surface area contributed by atoms with E-state index < -0.39 is 0 Å². The summed E-state index contributed by atoms with van der Waals surface area (Å²) in [5.74, 6) is 0.291. The van der Waals surface area contributed by atoms with Crippen LogP contribution in [0.4, 0.5) is 0 Å². The number of rotatable bonds is 2. The standard InChI is InChI=1S/C24H16BrNO/c25-19-9-10-20-16(12-19)8-11-23(27)24(20)18-7-6-17-13-21(26-22(17)14-18)15-4-2-1-3-5-15/h1-14,26-27H. The summed E-state index contributed by atoms with van der Waals surface area (Å²) in [6, 6.07) is 28.6. The third-order valence-electron chi connectivity index (χ3n) is 4.96. The van der Waals surface area contributed by atoms with E-state index in [9.17, 15) is 5.11 Å². The van der Waals surface area contributed by atoms with Crippen LogP contribution in [-0.2, 0) is 0 Å². The minimum absolute atomic E-state index is 0.291. The molecule has 0 atom stereocenters. The number of fused-ring (bicyclic) bond motifs is 2. The maximum Gasteiger partial charge on any atom is 0.124 e. The summed E-state index contributed by atoms with van der Waals surface area (Å²) in [4.78, 5) is 3.51. The normalized spacial score (nSPS) is 11.3. The molecule has 0 aliphatic rings. The van der Waals surface area contributed by atoms with Crippen LogP contribution in [0.25, 0.3) is 44.1 Å². The van der Waals surface area contributed by atoms with E-state index in [-0.39, 0.29) is 0 Å². The van der Waals surface area contributed by atoms with Crippen molar-refractivity contribution < 1.29 is 5.11 Å². The largest absolute Gasteiger partial charge is 0.507 e. The van der Waals surface area contributed by atoms with Crippen LogP contribution in [-0.4, -0.2) is 10.1 Å². The highest BCUT2D eigenvalue weighted by atomic mass is 79.9. The lowest BCUT2D eigenvalue weighted by Gasteiger charge is -2.10. The molecule has 0 unspecified atom stereocenters.